The number of aliphatic hydroxyl groups excluding tert-OH is 1. The molecule has 2 rings (SSSR count). The SMILES string of the molecule is CC(O)CCCNCc1cnn(Cc2ccccc2)c1. The summed E-state index contributed by atoms with van der Waals surface area (Å²) in [5.74, 6) is 0. The van der Waals surface area contributed by atoms with E-state index < -0.39 is 0 Å². The summed E-state index contributed by atoms with van der Waals surface area (Å²) in [4.78, 5) is 0. The normalized spacial score (nSPS) is 12.5. The van der Waals surface area contributed by atoms with Gasteiger partial charge in [-0.2, -0.15) is 5.10 Å². The van der Waals surface area contributed by atoms with Crippen LogP contribution < -0.4 is 5.32 Å². The average Bonchev–Trinajstić information content (AvgIpc) is 2.87. The summed E-state index contributed by atoms with van der Waals surface area (Å²) >= 11 is 0. The lowest BCUT2D eigenvalue weighted by atomic mass is 10.2. The van der Waals surface area contributed by atoms with Gasteiger partial charge in [0.15, 0.2) is 0 Å². The van der Waals surface area contributed by atoms with Gasteiger partial charge in [0.05, 0.1) is 18.8 Å². The van der Waals surface area contributed by atoms with Crippen molar-refractivity contribution >= 4 is 0 Å². The van der Waals surface area contributed by atoms with Crippen molar-refractivity contribution in [3.05, 3.63) is 53.9 Å². The van der Waals surface area contributed by atoms with Crippen molar-refractivity contribution in [2.45, 2.75) is 39.0 Å². The Hall–Kier alpha value is -1.65. The van der Waals surface area contributed by atoms with Gasteiger partial charge in [-0.15, -0.1) is 0 Å². The zero-order valence-electron chi connectivity index (χ0n) is 12.0. The van der Waals surface area contributed by atoms with Gasteiger partial charge < -0.3 is 10.4 Å². The quantitative estimate of drug-likeness (QED) is 0.725. The molecule has 0 amide bonds. The number of nitrogens with one attached hydrogen (secondary N) is 1. The van der Waals surface area contributed by atoms with Gasteiger partial charge in [0.25, 0.3) is 0 Å². The molecule has 108 valence electrons. The second-order valence-electron chi connectivity index (χ2n) is 5.20. The second kappa shape index (κ2) is 7.82. The monoisotopic (exact) mass is 273 g/mol. The predicted octanol–water partition coefficient (Wildman–Crippen LogP) is 2.18. The van der Waals surface area contributed by atoms with Gasteiger partial charge in [-0.05, 0) is 31.9 Å². The molecule has 0 aliphatic carbocycles. The maximum absolute atomic E-state index is 9.17. The van der Waals surface area contributed by atoms with Crippen molar-refractivity contribution in [3.63, 3.8) is 0 Å². The highest BCUT2D eigenvalue weighted by Crippen LogP contribution is 2.04. The molecule has 0 saturated heterocycles. The summed E-state index contributed by atoms with van der Waals surface area (Å²) in [6, 6.07) is 10.3. The van der Waals surface area contributed by atoms with Gasteiger partial charge in [-0.3, -0.25) is 4.68 Å². The smallest absolute Gasteiger partial charge is 0.0659 e. The lowest BCUT2D eigenvalue weighted by Gasteiger charge is -2.05. The Morgan fingerprint density at radius 2 is 2.05 bits per heavy atom. The van der Waals surface area contributed by atoms with Crippen LogP contribution in [0.5, 0.6) is 0 Å². The Morgan fingerprint density at radius 1 is 1.25 bits per heavy atom. The molecule has 0 aliphatic rings. The van der Waals surface area contributed by atoms with Crippen LogP contribution in [-0.2, 0) is 13.1 Å². The van der Waals surface area contributed by atoms with E-state index in [2.05, 4.69) is 28.7 Å². The molecule has 20 heavy (non-hydrogen) atoms. The molecule has 4 nitrogen and oxygen atoms in total. The van der Waals surface area contributed by atoms with Crippen LogP contribution in [0.3, 0.4) is 0 Å². The third-order valence-corrected chi connectivity index (χ3v) is 3.18. The minimum atomic E-state index is -0.203. The summed E-state index contributed by atoms with van der Waals surface area (Å²) in [6.07, 6.45) is 5.63. The molecule has 1 atom stereocenters. The first-order valence-electron chi connectivity index (χ1n) is 7.18. The first-order valence-corrected chi connectivity index (χ1v) is 7.18. The van der Waals surface area contributed by atoms with Gasteiger partial charge in [-0.25, -0.2) is 0 Å². The largest absolute Gasteiger partial charge is 0.393 e. The summed E-state index contributed by atoms with van der Waals surface area (Å²) in [6.45, 7) is 4.39. The minimum Gasteiger partial charge on any atom is -0.393 e. The molecular weight excluding hydrogens is 250 g/mol. The van der Waals surface area contributed by atoms with Crippen molar-refractivity contribution in [2.24, 2.45) is 0 Å². The van der Waals surface area contributed by atoms with Crippen molar-refractivity contribution in [1.29, 1.82) is 0 Å². The van der Waals surface area contributed by atoms with Gasteiger partial charge in [0.2, 0.25) is 0 Å². The number of aromatic nitrogens is 2. The van der Waals surface area contributed by atoms with E-state index in [9.17, 15) is 5.11 Å². The molecule has 1 aromatic heterocycles. The zero-order valence-corrected chi connectivity index (χ0v) is 12.0. The maximum atomic E-state index is 9.17. The van der Waals surface area contributed by atoms with Gasteiger partial charge in [0.1, 0.15) is 0 Å². The van der Waals surface area contributed by atoms with Crippen LogP contribution in [0.25, 0.3) is 0 Å². The molecule has 0 radical (unpaired) electrons. The van der Waals surface area contributed by atoms with E-state index in [4.69, 9.17) is 0 Å². The topological polar surface area (TPSA) is 50.1 Å². The van der Waals surface area contributed by atoms with E-state index in [-0.39, 0.29) is 6.10 Å². The molecule has 0 fully saturated rings. The highest BCUT2D eigenvalue weighted by Gasteiger charge is 2.00. The van der Waals surface area contributed by atoms with E-state index in [0.717, 1.165) is 32.5 Å². The second-order valence-corrected chi connectivity index (χ2v) is 5.20. The molecule has 1 aromatic carbocycles. The Kier molecular flexibility index (Phi) is 5.77. The fraction of sp³-hybridized carbons (Fsp3) is 0.438. The van der Waals surface area contributed by atoms with Crippen LogP contribution in [0.2, 0.25) is 0 Å². The number of rotatable bonds is 8. The standard InChI is InChI=1S/C16H23N3O/c1-14(20)6-5-9-17-10-16-11-18-19(13-16)12-15-7-3-2-4-8-15/h2-4,7-8,11,13-14,17,20H,5-6,9-10,12H2,1H3. The third-order valence-electron chi connectivity index (χ3n) is 3.18. The van der Waals surface area contributed by atoms with Gasteiger partial charge in [0, 0.05) is 18.3 Å². The lowest BCUT2D eigenvalue weighted by Crippen LogP contribution is -2.15. The zero-order chi connectivity index (χ0) is 14.2. The Balaban J connectivity index is 1.72. The van der Waals surface area contributed by atoms with Crippen LogP contribution in [0, 0.1) is 0 Å². The van der Waals surface area contributed by atoms with Crippen LogP contribution in [-0.4, -0.2) is 27.5 Å². The molecule has 2 aromatic rings. The minimum absolute atomic E-state index is 0.203. The third kappa shape index (κ3) is 5.15. The van der Waals surface area contributed by atoms with E-state index in [1.54, 1.807) is 0 Å². The van der Waals surface area contributed by atoms with Crippen LogP contribution in [0.1, 0.15) is 30.9 Å². The van der Waals surface area contributed by atoms with Gasteiger partial charge in [-0.1, -0.05) is 30.3 Å². The highest BCUT2D eigenvalue weighted by atomic mass is 16.3. The molecule has 0 aliphatic heterocycles. The predicted molar refractivity (Wildman–Crippen MR) is 80.4 cm³/mol. The molecule has 1 unspecified atom stereocenters. The number of hydrogen-bond donors (Lipinski definition) is 2. The molecule has 4 heteroatoms. The van der Waals surface area contributed by atoms with E-state index in [1.807, 2.05) is 36.0 Å². The lowest BCUT2D eigenvalue weighted by molar-refractivity contribution is 0.181. The highest BCUT2D eigenvalue weighted by molar-refractivity contribution is 5.15. The van der Waals surface area contributed by atoms with E-state index in [1.165, 1.54) is 11.1 Å². The number of hydrogen-bond acceptors (Lipinski definition) is 3. The Labute approximate surface area is 120 Å². The van der Waals surface area contributed by atoms with E-state index in [0.29, 0.717) is 0 Å². The molecule has 0 bridgehead atoms. The summed E-state index contributed by atoms with van der Waals surface area (Å²) < 4.78 is 1.96. The molecule has 0 spiro atoms. The molecule has 2 N–H and O–H groups in total. The summed E-state index contributed by atoms with van der Waals surface area (Å²) in [5, 5.41) is 16.9. The molecule has 1 heterocycles. The van der Waals surface area contributed by atoms with Crippen LogP contribution in [0.15, 0.2) is 42.7 Å². The average molecular weight is 273 g/mol. The fourth-order valence-electron chi connectivity index (χ4n) is 2.11. The Bertz CT molecular complexity index is 493. The molecular formula is C16H23N3O. The van der Waals surface area contributed by atoms with Crippen LogP contribution >= 0.6 is 0 Å². The van der Waals surface area contributed by atoms with Crippen molar-refractivity contribution in [3.8, 4) is 0 Å². The summed E-state index contributed by atoms with van der Waals surface area (Å²) in [7, 11) is 0. The van der Waals surface area contributed by atoms with Crippen molar-refractivity contribution < 1.29 is 5.11 Å². The van der Waals surface area contributed by atoms with Crippen LogP contribution in [0.4, 0.5) is 0 Å². The van der Waals surface area contributed by atoms with Crippen molar-refractivity contribution in [2.75, 3.05) is 6.54 Å². The first kappa shape index (κ1) is 14.8. The molecule has 0 saturated carbocycles. The fourth-order valence-corrected chi connectivity index (χ4v) is 2.11. The van der Waals surface area contributed by atoms with Crippen molar-refractivity contribution in [1.82, 2.24) is 15.1 Å². The number of benzene rings is 1. The number of aliphatic hydroxyl groups is 1. The van der Waals surface area contributed by atoms with E-state index >= 15 is 0 Å². The number of nitrogens with zero attached hydrogens (tertiary/aromatic N) is 2. The Morgan fingerprint density at radius 3 is 2.80 bits per heavy atom. The first-order chi connectivity index (χ1) is 9.74. The summed E-state index contributed by atoms with van der Waals surface area (Å²) in [5.41, 5.74) is 2.45. The van der Waals surface area contributed by atoms with Gasteiger partial charge >= 0.3 is 0 Å². The maximum Gasteiger partial charge on any atom is 0.0659 e.